The second-order valence-corrected chi connectivity index (χ2v) is 7.26. The predicted molar refractivity (Wildman–Crippen MR) is 96.1 cm³/mol. The standard InChI is InChI=1S/C18H20FN3O2S/c1-22(2)15(16-4-3-7-25-16)10-20-18(24)13-9-17(23)21-14-8-11(19)5-6-12(13)14/h3-8,13,15H,9-10H2,1-2H3,(H,20,24)(H,21,23). The van der Waals surface area contributed by atoms with Crippen LogP contribution in [0.1, 0.15) is 28.8 Å². The maximum absolute atomic E-state index is 13.4. The Hall–Kier alpha value is -2.25. The molecule has 0 saturated heterocycles. The summed E-state index contributed by atoms with van der Waals surface area (Å²) in [7, 11) is 3.92. The molecule has 2 heterocycles. The Morgan fingerprint density at radius 1 is 1.44 bits per heavy atom. The number of thiophene rings is 1. The minimum Gasteiger partial charge on any atom is -0.354 e. The fraction of sp³-hybridized carbons (Fsp3) is 0.333. The molecule has 2 N–H and O–H groups in total. The van der Waals surface area contributed by atoms with Gasteiger partial charge in [-0.05, 0) is 43.2 Å². The van der Waals surface area contributed by atoms with E-state index in [1.807, 2.05) is 36.5 Å². The van der Waals surface area contributed by atoms with Crippen molar-refractivity contribution < 1.29 is 14.0 Å². The first-order chi connectivity index (χ1) is 12.0. The lowest BCUT2D eigenvalue weighted by atomic mass is 9.89. The Bertz CT molecular complexity index is 777. The number of amides is 2. The maximum atomic E-state index is 13.4. The molecule has 25 heavy (non-hydrogen) atoms. The summed E-state index contributed by atoms with van der Waals surface area (Å²) in [5, 5.41) is 7.58. The molecule has 132 valence electrons. The van der Waals surface area contributed by atoms with E-state index in [4.69, 9.17) is 0 Å². The highest BCUT2D eigenvalue weighted by molar-refractivity contribution is 7.10. The molecule has 7 heteroatoms. The van der Waals surface area contributed by atoms with Crippen molar-refractivity contribution in [2.24, 2.45) is 0 Å². The molecule has 2 unspecified atom stereocenters. The second-order valence-electron chi connectivity index (χ2n) is 6.28. The van der Waals surface area contributed by atoms with Gasteiger partial charge in [-0.25, -0.2) is 4.39 Å². The number of likely N-dealkylation sites (N-methyl/N-ethyl adjacent to an activating group) is 1. The van der Waals surface area contributed by atoms with E-state index in [1.54, 1.807) is 17.4 Å². The van der Waals surface area contributed by atoms with Crippen molar-refractivity contribution in [3.8, 4) is 0 Å². The lowest BCUT2D eigenvalue weighted by Gasteiger charge is -2.27. The van der Waals surface area contributed by atoms with Gasteiger partial charge in [-0.15, -0.1) is 11.3 Å². The molecule has 5 nitrogen and oxygen atoms in total. The van der Waals surface area contributed by atoms with Gasteiger partial charge in [0.1, 0.15) is 5.82 Å². The number of carbonyl (C=O) groups excluding carboxylic acids is 2. The number of carbonyl (C=O) groups is 2. The van der Waals surface area contributed by atoms with Gasteiger partial charge in [0.25, 0.3) is 0 Å². The first kappa shape index (κ1) is 17.6. The van der Waals surface area contributed by atoms with Crippen molar-refractivity contribution in [1.29, 1.82) is 0 Å². The van der Waals surface area contributed by atoms with Gasteiger partial charge in [0, 0.05) is 23.5 Å². The highest BCUT2D eigenvalue weighted by Crippen LogP contribution is 2.33. The molecule has 0 saturated carbocycles. The quantitative estimate of drug-likeness (QED) is 0.861. The van der Waals surface area contributed by atoms with Gasteiger partial charge >= 0.3 is 0 Å². The van der Waals surface area contributed by atoms with Crippen LogP contribution in [0, 0.1) is 5.82 Å². The van der Waals surface area contributed by atoms with Crippen LogP contribution in [0.3, 0.4) is 0 Å². The summed E-state index contributed by atoms with van der Waals surface area (Å²) in [5.74, 6) is -1.53. The zero-order valence-electron chi connectivity index (χ0n) is 14.1. The molecule has 1 aliphatic heterocycles. The minimum absolute atomic E-state index is 0.0639. The van der Waals surface area contributed by atoms with E-state index in [9.17, 15) is 14.0 Å². The van der Waals surface area contributed by atoms with Crippen LogP contribution in [0.4, 0.5) is 10.1 Å². The van der Waals surface area contributed by atoms with Gasteiger partial charge in [0.15, 0.2) is 0 Å². The zero-order chi connectivity index (χ0) is 18.0. The van der Waals surface area contributed by atoms with Gasteiger partial charge in [-0.2, -0.15) is 0 Å². The summed E-state index contributed by atoms with van der Waals surface area (Å²) >= 11 is 1.64. The van der Waals surface area contributed by atoms with E-state index in [0.717, 1.165) is 4.88 Å². The Morgan fingerprint density at radius 2 is 2.24 bits per heavy atom. The number of benzene rings is 1. The fourth-order valence-corrected chi connectivity index (χ4v) is 3.93. The van der Waals surface area contributed by atoms with E-state index in [-0.39, 0.29) is 24.3 Å². The van der Waals surface area contributed by atoms with Crippen molar-refractivity contribution in [1.82, 2.24) is 10.2 Å². The van der Waals surface area contributed by atoms with Crippen LogP contribution in [-0.2, 0) is 9.59 Å². The summed E-state index contributed by atoms with van der Waals surface area (Å²) in [4.78, 5) is 27.8. The molecule has 1 aliphatic rings. The van der Waals surface area contributed by atoms with Crippen molar-refractivity contribution in [2.75, 3.05) is 26.0 Å². The van der Waals surface area contributed by atoms with Crippen molar-refractivity contribution in [3.63, 3.8) is 0 Å². The molecule has 0 spiro atoms. The summed E-state index contributed by atoms with van der Waals surface area (Å²) in [6.07, 6.45) is 0.0656. The second kappa shape index (κ2) is 7.33. The third kappa shape index (κ3) is 3.88. The lowest BCUT2D eigenvalue weighted by Crippen LogP contribution is -2.39. The van der Waals surface area contributed by atoms with Crippen molar-refractivity contribution in [2.45, 2.75) is 18.4 Å². The van der Waals surface area contributed by atoms with Crippen molar-refractivity contribution >= 4 is 28.8 Å². The monoisotopic (exact) mass is 361 g/mol. The number of hydrogen-bond acceptors (Lipinski definition) is 4. The molecular formula is C18H20FN3O2S. The van der Waals surface area contributed by atoms with E-state index < -0.39 is 11.7 Å². The Kier molecular flexibility index (Phi) is 5.15. The highest BCUT2D eigenvalue weighted by Gasteiger charge is 2.31. The number of nitrogens with zero attached hydrogens (tertiary/aromatic N) is 1. The van der Waals surface area contributed by atoms with Gasteiger partial charge in [-0.1, -0.05) is 12.1 Å². The first-order valence-corrected chi connectivity index (χ1v) is 8.90. The fourth-order valence-electron chi connectivity index (χ4n) is 3.01. The third-order valence-corrected chi connectivity index (χ3v) is 5.31. The average molecular weight is 361 g/mol. The molecule has 3 rings (SSSR count). The summed E-state index contributed by atoms with van der Waals surface area (Å²) in [6, 6.07) is 8.21. The molecule has 2 atom stereocenters. The van der Waals surface area contributed by atoms with E-state index in [2.05, 4.69) is 10.6 Å². The molecule has 1 aromatic heterocycles. The lowest BCUT2D eigenvalue weighted by molar-refractivity contribution is -0.126. The van der Waals surface area contributed by atoms with Gasteiger partial charge < -0.3 is 15.5 Å². The number of halogens is 1. The molecule has 0 radical (unpaired) electrons. The smallest absolute Gasteiger partial charge is 0.228 e. The van der Waals surface area contributed by atoms with Crippen LogP contribution in [-0.4, -0.2) is 37.4 Å². The molecule has 0 fully saturated rings. The Morgan fingerprint density at radius 3 is 2.92 bits per heavy atom. The molecule has 1 aromatic carbocycles. The molecule has 0 aliphatic carbocycles. The Labute approximate surface area is 149 Å². The predicted octanol–water partition coefficient (Wildman–Crippen LogP) is 2.73. The highest BCUT2D eigenvalue weighted by atomic mass is 32.1. The van der Waals surface area contributed by atoms with Crippen molar-refractivity contribution in [3.05, 3.63) is 52.0 Å². The van der Waals surface area contributed by atoms with Crippen LogP contribution >= 0.6 is 11.3 Å². The zero-order valence-corrected chi connectivity index (χ0v) is 14.9. The van der Waals surface area contributed by atoms with E-state index >= 15 is 0 Å². The summed E-state index contributed by atoms with van der Waals surface area (Å²) < 4.78 is 13.4. The van der Waals surface area contributed by atoms with Crippen LogP contribution < -0.4 is 10.6 Å². The normalized spacial score (nSPS) is 17.8. The molecule has 2 aromatic rings. The summed E-state index contributed by atoms with van der Waals surface area (Å²) in [5.41, 5.74) is 1.02. The minimum atomic E-state index is -0.601. The number of fused-ring (bicyclic) bond motifs is 1. The number of anilines is 1. The van der Waals surface area contributed by atoms with Gasteiger partial charge in [-0.3, -0.25) is 9.59 Å². The molecular weight excluding hydrogens is 341 g/mol. The Balaban J connectivity index is 1.74. The van der Waals surface area contributed by atoms with E-state index in [0.29, 0.717) is 17.8 Å². The largest absolute Gasteiger partial charge is 0.354 e. The van der Waals surface area contributed by atoms with Gasteiger partial charge in [0.05, 0.1) is 12.0 Å². The number of rotatable bonds is 5. The average Bonchev–Trinajstić information content (AvgIpc) is 3.07. The third-order valence-electron chi connectivity index (χ3n) is 4.34. The number of nitrogens with one attached hydrogen (secondary N) is 2. The topological polar surface area (TPSA) is 61.4 Å². The molecule has 0 bridgehead atoms. The van der Waals surface area contributed by atoms with Crippen LogP contribution in [0.5, 0.6) is 0 Å². The maximum Gasteiger partial charge on any atom is 0.228 e. The number of hydrogen-bond donors (Lipinski definition) is 2. The SMILES string of the molecule is CN(C)C(CNC(=O)C1CC(=O)Nc2cc(F)ccc21)c1cccs1. The van der Waals surface area contributed by atoms with Crippen LogP contribution in [0.2, 0.25) is 0 Å². The van der Waals surface area contributed by atoms with E-state index in [1.165, 1.54) is 12.1 Å². The molecule has 2 amide bonds. The van der Waals surface area contributed by atoms with Crippen LogP contribution in [0.25, 0.3) is 0 Å². The van der Waals surface area contributed by atoms with Gasteiger partial charge in [0.2, 0.25) is 11.8 Å². The van der Waals surface area contributed by atoms with Crippen LogP contribution in [0.15, 0.2) is 35.7 Å². The first-order valence-electron chi connectivity index (χ1n) is 8.02. The summed E-state index contributed by atoms with van der Waals surface area (Å²) in [6.45, 7) is 0.445.